The number of carbonyl (C=O) groups excluding carboxylic acids is 2. The van der Waals surface area contributed by atoms with Gasteiger partial charge >= 0.3 is 0 Å². The number of nitro groups is 1. The van der Waals surface area contributed by atoms with Gasteiger partial charge in [0, 0.05) is 23.9 Å². The van der Waals surface area contributed by atoms with Gasteiger partial charge in [-0.05, 0) is 25.1 Å². The first-order valence-corrected chi connectivity index (χ1v) is 6.98. The summed E-state index contributed by atoms with van der Waals surface area (Å²) in [5, 5.41) is 13.0. The zero-order valence-corrected chi connectivity index (χ0v) is 12.9. The van der Waals surface area contributed by atoms with Crippen LogP contribution in [0.2, 0.25) is 0 Å². The van der Waals surface area contributed by atoms with Crippen molar-refractivity contribution in [3.63, 3.8) is 0 Å². The summed E-state index contributed by atoms with van der Waals surface area (Å²) in [6, 6.07) is 6.18. The molecule has 0 saturated carbocycles. The maximum Gasteiger partial charge on any atom is 0.270 e. The Bertz CT molecular complexity index is 841. The van der Waals surface area contributed by atoms with Crippen molar-refractivity contribution in [3.8, 4) is 5.75 Å². The van der Waals surface area contributed by atoms with Gasteiger partial charge < -0.3 is 10.1 Å². The molecule has 0 aliphatic heterocycles. The van der Waals surface area contributed by atoms with Crippen molar-refractivity contribution < 1.29 is 28.0 Å². The molecule has 0 radical (unpaired) electrons. The lowest BCUT2D eigenvalue weighted by Crippen LogP contribution is -2.30. The van der Waals surface area contributed by atoms with Crippen molar-refractivity contribution in [1.82, 2.24) is 0 Å². The van der Waals surface area contributed by atoms with Gasteiger partial charge in [-0.3, -0.25) is 19.7 Å². The molecule has 0 unspecified atom stereocenters. The van der Waals surface area contributed by atoms with Crippen LogP contribution in [-0.4, -0.2) is 23.2 Å². The monoisotopic (exact) mass is 350 g/mol. The Morgan fingerprint density at radius 1 is 1.24 bits per heavy atom. The molecule has 1 atom stereocenters. The number of ether oxygens (including phenoxy) is 1. The summed E-state index contributed by atoms with van der Waals surface area (Å²) >= 11 is 0. The molecule has 2 rings (SSSR count). The van der Waals surface area contributed by atoms with Crippen LogP contribution in [0.1, 0.15) is 17.3 Å². The average Bonchev–Trinajstić information content (AvgIpc) is 2.58. The zero-order valence-electron chi connectivity index (χ0n) is 12.9. The lowest BCUT2D eigenvalue weighted by molar-refractivity contribution is -0.384. The summed E-state index contributed by atoms with van der Waals surface area (Å²) in [4.78, 5) is 33.1. The second-order valence-corrected chi connectivity index (χ2v) is 4.98. The first-order chi connectivity index (χ1) is 11.8. The third-order valence-corrected chi connectivity index (χ3v) is 3.19. The third-order valence-electron chi connectivity index (χ3n) is 3.19. The van der Waals surface area contributed by atoms with Crippen molar-refractivity contribution in [3.05, 3.63) is 63.7 Å². The Labute approximate surface area is 140 Å². The summed E-state index contributed by atoms with van der Waals surface area (Å²) in [6.45, 7) is 1.37. The Hall–Kier alpha value is -3.36. The summed E-state index contributed by atoms with van der Waals surface area (Å²) in [5.74, 6) is -2.87. The van der Waals surface area contributed by atoms with Gasteiger partial charge in [0.1, 0.15) is 5.75 Å². The highest BCUT2D eigenvalue weighted by molar-refractivity contribution is 5.94. The van der Waals surface area contributed by atoms with Gasteiger partial charge in [-0.2, -0.15) is 0 Å². The highest BCUT2D eigenvalue weighted by Crippen LogP contribution is 2.24. The number of amides is 1. The van der Waals surface area contributed by atoms with Gasteiger partial charge in [-0.15, -0.1) is 0 Å². The second-order valence-electron chi connectivity index (χ2n) is 4.98. The fraction of sp³-hybridized carbons (Fsp3) is 0.125. The first-order valence-electron chi connectivity index (χ1n) is 6.98. The van der Waals surface area contributed by atoms with Gasteiger partial charge in [0.25, 0.3) is 11.6 Å². The van der Waals surface area contributed by atoms with E-state index in [1.54, 1.807) is 0 Å². The van der Waals surface area contributed by atoms with Crippen LogP contribution in [0.15, 0.2) is 36.4 Å². The summed E-state index contributed by atoms with van der Waals surface area (Å²) < 4.78 is 31.3. The highest BCUT2D eigenvalue weighted by Gasteiger charge is 2.19. The van der Waals surface area contributed by atoms with E-state index in [1.807, 2.05) is 0 Å². The summed E-state index contributed by atoms with van der Waals surface area (Å²) in [5.41, 5.74) is -0.367. The van der Waals surface area contributed by atoms with Crippen molar-refractivity contribution >= 4 is 23.6 Å². The number of nitrogens with one attached hydrogen (secondary N) is 1. The normalized spacial score (nSPS) is 11.5. The number of aldehydes is 1. The van der Waals surface area contributed by atoms with E-state index in [0.717, 1.165) is 24.3 Å². The van der Waals surface area contributed by atoms with Gasteiger partial charge in [0.2, 0.25) is 0 Å². The molecule has 0 saturated heterocycles. The molecular weight excluding hydrogens is 338 g/mol. The summed E-state index contributed by atoms with van der Waals surface area (Å²) in [6.07, 6.45) is -0.740. The van der Waals surface area contributed by atoms with Crippen molar-refractivity contribution in [2.75, 3.05) is 5.32 Å². The van der Waals surface area contributed by atoms with Crippen LogP contribution in [-0.2, 0) is 4.79 Å². The van der Waals surface area contributed by atoms with E-state index in [2.05, 4.69) is 5.32 Å². The van der Waals surface area contributed by atoms with Crippen LogP contribution >= 0.6 is 0 Å². The molecule has 7 nitrogen and oxygen atoms in total. The molecule has 0 fully saturated rings. The first kappa shape index (κ1) is 18.0. The second kappa shape index (κ2) is 7.47. The van der Waals surface area contributed by atoms with Crippen LogP contribution in [0, 0.1) is 21.7 Å². The molecule has 25 heavy (non-hydrogen) atoms. The largest absolute Gasteiger partial charge is 0.480 e. The number of nitro benzene ring substituents is 1. The average molecular weight is 350 g/mol. The highest BCUT2D eigenvalue weighted by atomic mass is 19.2. The number of carbonyl (C=O) groups is 2. The predicted octanol–water partition coefficient (Wildman–Crippen LogP) is 3.09. The predicted molar refractivity (Wildman–Crippen MR) is 83.6 cm³/mol. The molecule has 0 aliphatic rings. The van der Waals surface area contributed by atoms with Gasteiger partial charge in [-0.1, -0.05) is 0 Å². The quantitative estimate of drug-likeness (QED) is 0.490. The number of benzene rings is 2. The SMILES string of the molecule is C[C@@H](Oc1ccc([N+](=O)[O-])cc1C=O)C(=O)Nc1ccc(F)c(F)c1. The maximum absolute atomic E-state index is 13.1. The number of hydrogen-bond acceptors (Lipinski definition) is 5. The topological polar surface area (TPSA) is 98.5 Å². The lowest BCUT2D eigenvalue weighted by atomic mass is 10.2. The van der Waals surface area contributed by atoms with Crippen LogP contribution in [0.4, 0.5) is 20.2 Å². The molecule has 0 spiro atoms. The van der Waals surface area contributed by atoms with E-state index in [0.29, 0.717) is 6.29 Å². The number of rotatable bonds is 6. The number of non-ortho nitro benzene ring substituents is 1. The molecule has 1 N–H and O–H groups in total. The molecule has 2 aromatic carbocycles. The Morgan fingerprint density at radius 3 is 2.56 bits per heavy atom. The van der Waals surface area contributed by atoms with Gasteiger partial charge in [-0.25, -0.2) is 8.78 Å². The van der Waals surface area contributed by atoms with E-state index < -0.39 is 28.6 Å². The van der Waals surface area contributed by atoms with Crippen molar-refractivity contribution in [2.24, 2.45) is 0 Å². The molecular formula is C16H12F2N2O5. The summed E-state index contributed by atoms with van der Waals surface area (Å²) in [7, 11) is 0. The van der Waals surface area contributed by atoms with E-state index in [4.69, 9.17) is 4.74 Å². The van der Waals surface area contributed by atoms with Crippen LogP contribution in [0.25, 0.3) is 0 Å². The number of halogens is 2. The lowest BCUT2D eigenvalue weighted by Gasteiger charge is -2.16. The van der Waals surface area contributed by atoms with E-state index in [9.17, 15) is 28.5 Å². The zero-order chi connectivity index (χ0) is 18.6. The van der Waals surface area contributed by atoms with Crippen LogP contribution in [0.5, 0.6) is 5.75 Å². The Balaban J connectivity index is 2.11. The van der Waals surface area contributed by atoms with Gasteiger partial charge in [0.15, 0.2) is 24.0 Å². The van der Waals surface area contributed by atoms with E-state index in [-0.39, 0.29) is 22.7 Å². The number of anilines is 1. The molecule has 0 aliphatic carbocycles. The third kappa shape index (κ3) is 4.34. The van der Waals surface area contributed by atoms with Crippen molar-refractivity contribution in [2.45, 2.75) is 13.0 Å². The van der Waals surface area contributed by atoms with Crippen LogP contribution < -0.4 is 10.1 Å². The molecule has 0 heterocycles. The van der Waals surface area contributed by atoms with Crippen LogP contribution in [0.3, 0.4) is 0 Å². The number of hydrogen-bond donors (Lipinski definition) is 1. The molecule has 9 heteroatoms. The molecule has 130 valence electrons. The van der Waals surface area contributed by atoms with Gasteiger partial charge in [0.05, 0.1) is 10.5 Å². The fourth-order valence-corrected chi connectivity index (χ4v) is 1.91. The molecule has 0 bridgehead atoms. The van der Waals surface area contributed by atoms with E-state index >= 15 is 0 Å². The molecule has 0 aromatic heterocycles. The smallest absolute Gasteiger partial charge is 0.270 e. The Kier molecular flexibility index (Phi) is 5.38. The van der Waals surface area contributed by atoms with Crippen molar-refractivity contribution in [1.29, 1.82) is 0 Å². The minimum atomic E-state index is -1.12. The fourth-order valence-electron chi connectivity index (χ4n) is 1.91. The number of nitrogens with zero attached hydrogens (tertiary/aromatic N) is 1. The molecule has 2 aromatic rings. The standard InChI is InChI=1S/C16H12F2N2O5/c1-9(16(22)19-11-2-4-13(17)14(18)7-11)25-15-5-3-12(20(23)24)6-10(15)8-21/h2-9H,1H3,(H,19,22)/t9-/m1/s1. The Morgan fingerprint density at radius 2 is 1.96 bits per heavy atom. The minimum absolute atomic E-state index is 0.0199. The van der Waals surface area contributed by atoms with E-state index in [1.165, 1.54) is 19.1 Å². The molecule has 1 amide bonds. The minimum Gasteiger partial charge on any atom is -0.480 e. The maximum atomic E-state index is 13.1.